The molecule has 0 aliphatic carbocycles. The monoisotopic (exact) mass is 324 g/mol. The highest BCUT2D eigenvalue weighted by atomic mass is 16.5. The van der Waals surface area contributed by atoms with Crippen molar-refractivity contribution in [3.05, 3.63) is 65.2 Å². The molecule has 1 heterocycles. The van der Waals surface area contributed by atoms with Crippen LogP contribution in [0.15, 0.2) is 48.5 Å². The topological polar surface area (TPSA) is 75.7 Å². The van der Waals surface area contributed by atoms with Gasteiger partial charge in [0.2, 0.25) is 5.91 Å². The lowest BCUT2D eigenvalue weighted by atomic mass is 10.1. The molecule has 0 atom stereocenters. The maximum absolute atomic E-state index is 12.3. The Kier molecular flexibility index (Phi) is 4.29. The van der Waals surface area contributed by atoms with Crippen LogP contribution in [0.5, 0.6) is 0 Å². The van der Waals surface area contributed by atoms with E-state index in [9.17, 15) is 14.4 Å². The van der Waals surface area contributed by atoms with Crippen LogP contribution in [0.3, 0.4) is 0 Å². The summed E-state index contributed by atoms with van der Waals surface area (Å²) in [7, 11) is 1.28. The van der Waals surface area contributed by atoms with Crippen molar-refractivity contribution in [1.82, 2.24) is 4.90 Å². The van der Waals surface area contributed by atoms with E-state index in [1.807, 2.05) is 12.1 Å². The SMILES string of the molecule is COC(=O)c1ccccc1NC(=O)CN1Cc2ccccc2C1=O. The van der Waals surface area contributed by atoms with E-state index in [2.05, 4.69) is 5.32 Å². The van der Waals surface area contributed by atoms with E-state index in [1.54, 1.807) is 36.4 Å². The molecule has 2 amide bonds. The molecule has 2 aromatic rings. The molecular formula is C18H16N2O4. The zero-order valence-corrected chi connectivity index (χ0v) is 13.1. The Balaban J connectivity index is 1.70. The van der Waals surface area contributed by atoms with Gasteiger partial charge < -0.3 is 15.0 Å². The highest BCUT2D eigenvalue weighted by Crippen LogP contribution is 2.22. The fraction of sp³-hybridized carbons (Fsp3) is 0.167. The Morgan fingerprint density at radius 3 is 2.58 bits per heavy atom. The molecule has 6 nitrogen and oxygen atoms in total. The first-order valence-corrected chi connectivity index (χ1v) is 7.44. The molecule has 0 aromatic heterocycles. The summed E-state index contributed by atoms with van der Waals surface area (Å²) in [4.78, 5) is 37.7. The van der Waals surface area contributed by atoms with E-state index < -0.39 is 5.97 Å². The van der Waals surface area contributed by atoms with Gasteiger partial charge in [-0.15, -0.1) is 0 Å². The minimum atomic E-state index is -0.532. The van der Waals surface area contributed by atoms with Gasteiger partial charge in [-0.3, -0.25) is 9.59 Å². The van der Waals surface area contributed by atoms with Crippen LogP contribution in [0.25, 0.3) is 0 Å². The van der Waals surface area contributed by atoms with Crippen molar-refractivity contribution in [1.29, 1.82) is 0 Å². The van der Waals surface area contributed by atoms with Crippen LogP contribution in [0.2, 0.25) is 0 Å². The number of carbonyl (C=O) groups excluding carboxylic acids is 3. The van der Waals surface area contributed by atoms with Crippen molar-refractivity contribution in [2.24, 2.45) is 0 Å². The fourth-order valence-corrected chi connectivity index (χ4v) is 2.69. The standard InChI is InChI=1S/C18H16N2O4/c1-24-18(23)14-8-4-5-9-15(14)19-16(21)11-20-10-12-6-2-3-7-13(12)17(20)22/h2-9H,10-11H2,1H3,(H,19,21). The number of anilines is 1. The summed E-state index contributed by atoms with van der Waals surface area (Å²) in [6, 6.07) is 13.9. The smallest absolute Gasteiger partial charge is 0.339 e. The van der Waals surface area contributed by atoms with Crippen LogP contribution in [-0.4, -0.2) is 36.3 Å². The third-order valence-electron chi connectivity index (χ3n) is 3.84. The second kappa shape index (κ2) is 6.54. The van der Waals surface area contributed by atoms with Gasteiger partial charge in [0.25, 0.3) is 5.91 Å². The molecule has 122 valence electrons. The summed E-state index contributed by atoms with van der Waals surface area (Å²) in [5, 5.41) is 2.67. The average molecular weight is 324 g/mol. The van der Waals surface area contributed by atoms with Crippen molar-refractivity contribution >= 4 is 23.5 Å². The molecule has 6 heteroatoms. The first-order chi connectivity index (χ1) is 11.6. The van der Waals surface area contributed by atoms with E-state index in [-0.39, 0.29) is 23.9 Å². The van der Waals surface area contributed by atoms with Crippen LogP contribution in [0, 0.1) is 0 Å². The number of carbonyl (C=O) groups is 3. The van der Waals surface area contributed by atoms with Crippen molar-refractivity contribution in [3.63, 3.8) is 0 Å². The molecule has 0 unspecified atom stereocenters. The van der Waals surface area contributed by atoms with E-state index in [0.717, 1.165) is 5.56 Å². The van der Waals surface area contributed by atoms with E-state index in [0.29, 0.717) is 17.8 Å². The lowest BCUT2D eigenvalue weighted by molar-refractivity contribution is -0.116. The van der Waals surface area contributed by atoms with Gasteiger partial charge in [0.15, 0.2) is 0 Å². The molecule has 0 spiro atoms. The zero-order chi connectivity index (χ0) is 17.1. The number of methoxy groups -OCH3 is 1. The van der Waals surface area contributed by atoms with E-state index in [4.69, 9.17) is 4.74 Å². The summed E-state index contributed by atoms with van der Waals surface area (Å²) in [6.07, 6.45) is 0. The summed E-state index contributed by atoms with van der Waals surface area (Å²) in [5.74, 6) is -1.06. The number of benzene rings is 2. The predicted octanol–water partition coefficient (Wildman–Crippen LogP) is 2.07. The average Bonchev–Trinajstić information content (AvgIpc) is 2.91. The third-order valence-corrected chi connectivity index (χ3v) is 3.84. The Hall–Kier alpha value is -3.15. The Labute approximate surface area is 139 Å². The molecule has 0 radical (unpaired) electrons. The number of esters is 1. The molecule has 3 rings (SSSR count). The number of amides is 2. The minimum absolute atomic E-state index is 0.0803. The summed E-state index contributed by atoms with van der Waals surface area (Å²) < 4.78 is 4.70. The Morgan fingerprint density at radius 2 is 1.83 bits per heavy atom. The number of hydrogen-bond donors (Lipinski definition) is 1. The van der Waals surface area contributed by atoms with Crippen LogP contribution < -0.4 is 5.32 Å². The first kappa shape index (κ1) is 15.7. The number of fused-ring (bicyclic) bond motifs is 1. The summed E-state index contributed by atoms with van der Waals surface area (Å²) in [5.41, 5.74) is 2.16. The van der Waals surface area contributed by atoms with Crippen LogP contribution in [0.1, 0.15) is 26.3 Å². The first-order valence-electron chi connectivity index (χ1n) is 7.44. The molecule has 2 aromatic carbocycles. The lowest BCUT2D eigenvalue weighted by Crippen LogP contribution is -2.33. The number of hydrogen-bond acceptors (Lipinski definition) is 4. The van der Waals surface area contributed by atoms with E-state index >= 15 is 0 Å². The van der Waals surface area contributed by atoms with Gasteiger partial charge in [0, 0.05) is 12.1 Å². The van der Waals surface area contributed by atoms with Gasteiger partial charge in [-0.25, -0.2) is 4.79 Å². The largest absolute Gasteiger partial charge is 0.465 e. The molecular weight excluding hydrogens is 308 g/mol. The van der Waals surface area contributed by atoms with Crippen LogP contribution >= 0.6 is 0 Å². The number of para-hydroxylation sites is 1. The van der Waals surface area contributed by atoms with Crippen molar-refractivity contribution < 1.29 is 19.1 Å². The maximum Gasteiger partial charge on any atom is 0.339 e. The van der Waals surface area contributed by atoms with Crippen molar-refractivity contribution in [2.75, 3.05) is 19.0 Å². The highest BCUT2D eigenvalue weighted by molar-refractivity contribution is 6.04. The van der Waals surface area contributed by atoms with Gasteiger partial charge in [0.1, 0.15) is 6.54 Å². The maximum atomic E-state index is 12.3. The van der Waals surface area contributed by atoms with Gasteiger partial charge in [-0.1, -0.05) is 30.3 Å². The zero-order valence-electron chi connectivity index (χ0n) is 13.1. The normalized spacial score (nSPS) is 12.7. The van der Waals surface area contributed by atoms with Crippen LogP contribution in [-0.2, 0) is 16.1 Å². The van der Waals surface area contributed by atoms with E-state index in [1.165, 1.54) is 12.0 Å². The quantitative estimate of drug-likeness (QED) is 0.874. The van der Waals surface area contributed by atoms with Crippen molar-refractivity contribution in [3.8, 4) is 0 Å². The number of rotatable bonds is 4. The lowest BCUT2D eigenvalue weighted by Gasteiger charge is -2.16. The van der Waals surface area contributed by atoms with Gasteiger partial charge in [-0.2, -0.15) is 0 Å². The molecule has 0 bridgehead atoms. The van der Waals surface area contributed by atoms with Gasteiger partial charge in [-0.05, 0) is 23.8 Å². The molecule has 1 N–H and O–H groups in total. The number of ether oxygens (including phenoxy) is 1. The molecule has 1 aliphatic heterocycles. The third kappa shape index (κ3) is 2.99. The van der Waals surface area contributed by atoms with Gasteiger partial charge >= 0.3 is 5.97 Å². The number of nitrogens with zero attached hydrogens (tertiary/aromatic N) is 1. The molecule has 0 saturated carbocycles. The Morgan fingerprint density at radius 1 is 1.12 bits per heavy atom. The van der Waals surface area contributed by atoms with Gasteiger partial charge in [0.05, 0.1) is 18.4 Å². The Bertz CT molecular complexity index is 816. The second-order valence-corrected chi connectivity index (χ2v) is 5.40. The fourth-order valence-electron chi connectivity index (χ4n) is 2.69. The van der Waals surface area contributed by atoms with Crippen LogP contribution in [0.4, 0.5) is 5.69 Å². The second-order valence-electron chi connectivity index (χ2n) is 5.40. The minimum Gasteiger partial charge on any atom is -0.465 e. The predicted molar refractivity (Wildman–Crippen MR) is 87.6 cm³/mol. The molecule has 0 fully saturated rings. The summed E-state index contributed by atoms with van der Waals surface area (Å²) >= 11 is 0. The number of nitrogens with one attached hydrogen (secondary N) is 1. The molecule has 0 saturated heterocycles. The molecule has 24 heavy (non-hydrogen) atoms. The highest BCUT2D eigenvalue weighted by Gasteiger charge is 2.28. The van der Waals surface area contributed by atoms with Crippen molar-refractivity contribution in [2.45, 2.75) is 6.54 Å². The molecule has 1 aliphatic rings. The summed E-state index contributed by atoms with van der Waals surface area (Å²) in [6.45, 7) is 0.324.